The molecule has 2 nitrogen and oxygen atoms in total. The molecular formula is C18H15Br2NO. The van der Waals surface area contributed by atoms with E-state index in [1.54, 1.807) is 0 Å². The zero-order valence-corrected chi connectivity index (χ0v) is 15.5. The van der Waals surface area contributed by atoms with Gasteiger partial charge in [0.2, 0.25) is 0 Å². The lowest BCUT2D eigenvalue weighted by Crippen LogP contribution is -1.96. The number of aliphatic imine (C=N–C) groups is 1. The van der Waals surface area contributed by atoms with Crippen LogP contribution in [0.1, 0.15) is 16.7 Å². The summed E-state index contributed by atoms with van der Waals surface area (Å²) >= 11 is 6.99. The number of benzene rings is 2. The molecule has 0 atom stereocenters. The van der Waals surface area contributed by atoms with Crippen molar-refractivity contribution in [3.05, 3.63) is 56.0 Å². The van der Waals surface area contributed by atoms with Crippen molar-refractivity contribution in [2.24, 2.45) is 4.99 Å². The van der Waals surface area contributed by atoms with Crippen molar-refractivity contribution in [1.82, 2.24) is 0 Å². The molecule has 0 amide bonds. The van der Waals surface area contributed by atoms with Gasteiger partial charge in [0.15, 0.2) is 0 Å². The Morgan fingerprint density at radius 3 is 2.50 bits per heavy atom. The lowest BCUT2D eigenvalue weighted by atomic mass is 10.1. The summed E-state index contributed by atoms with van der Waals surface area (Å²) in [6.07, 6.45) is 7.05. The van der Waals surface area contributed by atoms with Crippen LogP contribution in [0.25, 0.3) is 0 Å². The number of terminal acetylenes is 1. The molecule has 0 aliphatic heterocycles. The molecule has 0 heterocycles. The minimum Gasteiger partial charge on any atom is -0.479 e. The number of ether oxygens (including phenoxy) is 1. The molecule has 0 aromatic heterocycles. The first-order valence-corrected chi connectivity index (χ1v) is 8.26. The van der Waals surface area contributed by atoms with E-state index in [9.17, 15) is 0 Å². The summed E-state index contributed by atoms with van der Waals surface area (Å²) in [5.74, 6) is 3.15. The van der Waals surface area contributed by atoms with Crippen molar-refractivity contribution in [3.63, 3.8) is 0 Å². The van der Waals surface area contributed by atoms with Crippen molar-refractivity contribution in [2.45, 2.75) is 13.8 Å². The van der Waals surface area contributed by atoms with Gasteiger partial charge >= 0.3 is 0 Å². The Morgan fingerprint density at radius 1 is 1.18 bits per heavy atom. The summed E-state index contributed by atoms with van der Waals surface area (Å²) in [7, 11) is 0. The second-order valence-electron chi connectivity index (χ2n) is 4.85. The first-order chi connectivity index (χ1) is 10.5. The van der Waals surface area contributed by atoms with Crippen LogP contribution in [0.2, 0.25) is 0 Å². The van der Waals surface area contributed by atoms with Crippen molar-refractivity contribution in [2.75, 3.05) is 6.61 Å². The Kier molecular flexibility index (Phi) is 5.82. The van der Waals surface area contributed by atoms with Gasteiger partial charge in [0.25, 0.3) is 0 Å². The fourth-order valence-electron chi connectivity index (χ4n) is 1.91. The Hall–Kier alpha value is -1.57. The molecule has 0 aliphatic carbocycles. The van der Waals surface area contributed by atoms with E-state index in [0.717, 1.165) is 25.8 Å². The number of hydrogen-bond acceptors (Lipinski definition) is 2. The summed E-state index contributed by atoms with van der Waals surface area (Å²) in [4.78, 5) is 4.57. The minimum absolute atomic E-state index is 0.229. The highest BCUT2D eigenvalue weighted by molar-refractivity contribution is 9.11. The third-order valence-corrected chi connectivity index (χ3v) is 4.22. The molecule has 0 N–H and O–H groups in total. The van der Waals surface area contributed by atoms with Crippen LogP contribution >= 0.6 is 31.9 Å². The van der Waals surface area contributed by atoms with Crippen molar-refractivity contribution >= 4 is 43.8 Å². The summed E-state index contributed by atoms with van der Waals surface area (Å²) in [5.41, 5.74) is 4.28. The van der Waals surface area contributed by atoms with Crippen LogP contribution in [0.5, 0.6) is 5.75 Å². The van der Waals surface area contributed by atoms with E-state index < -0.39 is 0 Å². The molecule has 0 unspecified atom stereocenters. The smallest absolute Gasteiger partial charge is 0.149 e. The van der Waals surface area contributed by atoms with Crippen LogP contribution in [0.4, 0.5) is 5.69 Å². The highest BCUT2D eigenvalue weighted by atomic mass is 79.9. The normalized spacial score (nSPS) is 10.7. The van der Waals surface area contributed by atoms with Crippen molar-refractivity contribution in [1.29, 1.82) is 0 Å². The molecule has 2 aromatic carbocycles. The first kappa shape index (κ1) is 16.8. The molecule has 0 bridgehead atoms. The monoisotopic (exact) mass is 419 g/mol. The maximum atomic E-state index is 5.49. The summed E-state index contributed by atoms with van der Waals surface area (Å²) in [6.45, 7) is 4.34. The average Bonchev–Trinajstić information content (AvgIpc) is 2.47. The predicted octanol–water partition coefficient (Wildman–Crippen LogP) is 5.59. The molecule has 0 spiro atoms. The van der Waals surface area contributed by atoms with Gasteiger partial charge in [-0.15, -0.1) is 6.42 Å². The van der Waals surface area contributed by atoms with Gasteiger partial charge < -0.3 is 4.74 Å². The number of halogens is 2. The number of nitrogens with zero attached hydrogens (tertiary/aromatic N) is 1. The predicted molar refractivity (Wildman–Crippen MR) is 99.3 cm³/mol. The average molecular weight is 421 g/mol. The van der Waals surface area contributed by atoms with Gasteiger partial charge in [-0.3, -0.25) is 4.99 Å². The van der Waals surface area contributed by atoms with Gasteiger partial charge in [0, 0.05) is 6.21 Å². The molecule has 0 aliphatic rings. The number of aryl methyl sites for hydroxylation is 2. The number of hydrogen-bond donors (Lipinski definition) is 0. The van der Waals surface area contributed by atoms with Crippen LogP contribution in [0.3, 0.4) is 0 Å². The summed E-state index contributed by atoms with van der Waals surface area (Å²) in [6, 6.07) is 10.1. The zero-order valence-electron chi connectivity index (χ0n) is 12.4. The highest BCUT2D eigenvalue weighted by Crippen LogP contribution is 2.34. The highest BCUT2D eigenvalue weighted by Gasteiger charge is 2.08. The molecule has 4 heteroatoms. The fraction of sp³-hybridized carbons (Fsp3) is 0.167. The molecular weight excluding hydrogens is 406 g/mol. The van der Waals surface area contributed by atoms with Gasteiger partial charge in [-0.1, -0.05) is 18.1 Å². The Bertz CT molecular complexity index is 737. The van der Waals surface area contributed by atoms with Crippen LogP contribution in [0, 0.1) is 26.2 Å². The maximum absolute atomic E-state index is 5.49. The summed E-state index contributed by atoms with van der Waals surface area (Å²) < 4.78 is 7.16. The van der Waals surface area contributed by atoms with Gasteiger partial charge in [0.1, 0.15) is 12.4 Å². The molecule has 0 radical (unpaired) electrons. The second kappa shape index (κ2) is 7.62. The Morgan fingerprint density at radius 2 is 1.86 bits per heavy atom. The molecule has 0 saturated carbocycles. The molecule has 2 aromatic rings. The van der Waals surface area contributed by atoms with E-state index in [1.807, 2.05) is 18.3 Å². The molecule has 112 valence electrons. The van der Waals surface area contributed by atoms with Gasteiger partial charge in [-0.2, -0.15) is 0 Å². The number of rotatable bonds is 4. The molecule has 0 saturated heterocycles. The van der Waals surface area contributed by atoms with Crippen LogP contribution < -0.4 is 4.74 Å². The van der Waals surface area contributed by atoms with Gasteiger partial charge in [0.05, 0.1) is 14.6 Å². The van der Waals surface area contributed by atoms with Gasteiger partial charge in [-0.05, 0) is 80.6 Å². The van der Waals surface area contributed by atoms with E-state index in [-0.39, 0.29) is 6.61 Å². The van der Waals surface area contributed by atoms with E-state index in [4.69, 9.17) is 11.2 Å². The SMILES string of the molecule is C#CCOc1c(Br)cc(C=Nc2cc(C)ccc2C)cc1Br. The third-order valence-electron chi connectivity index (χ3n) is 3.04. The molecule has 22 heavy (non-hydrogen) atoms. The van der Waals surface area contributed by atoms with Crippen LogP contribution in [-0.2, 0) is 0 Å². The maximum Gasteiger partial charge on any atom is 0.149 e. The standard InChI is InChI=1S/C18H15Br2NO/c1-4-7-22-18-15(19)9-14(10-16(18)20)11-21-17-8-12(2)5-6-13(17)3/h1,5-6,8-11H,7H2,2-3H3. The van der Waals surface area contributed by atoms with Crippen molar-refractivity contribution in [3.8, 4) is 18.1 Å². The molecule has 2 rings (SSSR count). The Labute approximate surface area is 147 Å². The van der Waals surface area contributed by atoms with Gasteiger partial charge in [-0.25, -0.2) is 0 Å². The fourth-order valence-corrected chi connectivity index (χ4v) is 3.36. The van der Waals surface area contributed by atoms with E-state index in [1.165, 1.54) is 5.56 Å². The Balaban J connectivity index is 2.29. The topological polar surface area (TPSA) is 21.6 Å². The lowest BCUT2D eigenvalue weighted by molar-refractivity contribution is 0.365. The summed E-state index contributed by atoms with van der Waals surface area (Å²) in [5, 5.41) is 0. The lowest BCUT2D eigenvalue weighted by Gasteiger charge is -2.09. The second-order valence-corrected chi connectivity index (χ2v) is 6.56. The first-order valence-electron chi connectivity index (χ1n) is 6.68. The molecule has 0 fully saturated rings. The quantitative estimate of drug-likeness (QED) is 0.466. The largest absolute Gasteiger partial charge is 0.479 e. The van der Waals surface area contributed by atoms with E-state index >= 15 is 0 Å². The zero-order chi connectivity index (χ0) is 16.1. The van der Waals surface area contributed by atoms with Crippen LogP contribution in [-0.4, -0.2) is 12.8 Å². The van der Waals surface area contributed by atoms with E-state index in [2.05, 4.69) is 74.8 Å². The minimum atomic E-state index is 0.229. The van der Waals surface area contributed by atoms with Crippen LogP contribution in [0.15, 0.2) is 44.3 Å². The van der Waals surface area contributed by atoms with E-state index in [0.29, 0.717) is 5.75 Å². The third kappa shape index (κ3) is 4.22. The van der Waals surface area contributed by atoms with Crippen molar-refractivity contribution < 1.29 is 4.74 Å².